The third-order valence-corrected chi connectivity index (χ3v) is 3.90. The van der Waals surface area contributed by atoms with Crippen molar-refractivity contribution in [1.82, 2.24) is 5.32 Å². The number of phenols is 1. The molecule has 0 aromatic heterocycles. The fraction of sp³-hybridized carbons (Fsp3) is 0.467. The minimum absolute atomic E-state index is 0.0588. The Labute approximate surface area is 151 Å². The number of alkyl carbamates (subject to hydrolysis) is 1. The van der Waals surface area contributed by atoms with E-state index in [4.69, 9.17) is 9.47 Å². The molecule has 1 unspecified atom stereocenters. The number of amides is 1. The number of hydrogen-bond donors (Lipinski definition) is 2. The number of hydrogen-bond acceptors (Lipinski definition) is 5. The number of ether oxygens (including phenoxy) is 2. The number of nitrogens with one attached hydrogen (secondary N) is 1. The first kappa shape index (κ1) is 19.8. The van der Waals surface area contributed by atoms with Crippen molar-refractivity contribution in [2.45, 2.75) is 38.8 Å². The lowest BCUT2D eigenvalue weighted by molar-refractivity contribution is -0.143. The lowest BCUT2D eigenvalue weighted by atomic mass is 10.1. The summed E-state index contributed by atoms with van der Waals surface area (Å²) >= 11 is 6.45. The number of methoxy groups -OCH3 is 1. The maximum atomic E-state index is 11.9. The van der Waals surface area contributed by atoms with Crippen LogP contribution in [0.2, 0.25) is 0 Å². The maximum Gasteiger partial charge on any atom is 0.408 e. The molecule has 8 heteroatoms. The van der Waals surface area contributed by atoms with Crippen molar-refractivity contribution in [1.29, 1.82) is 0 Å². The summed E-state index contributed by atoms with van der Waals surface area (Å²) in [4.78, 5) is 23.8. The van der Waals surface area contributed by atoms with Gasteiger partial charge in [0.1, 0.15) is 17.4 Å². The third kappa shape index (κ3) is 6.39. The van der Waals surface area contributed by atoms with Gasteiger partial charge in [0.2, 0.25) is 0 Å². The number of carbonyl (C=O) groups excluding carboxylic acids is 2. The van der Waals surface area contributed by atoms with Crippen molar-refractivity contribution in [3.05, 3.63) is 26.6 Å². The molecule has 2 N–H and O–H groups in total. The second kappa shape index (κ2) is 8.01. The minimum atomic E-state index is -0.904. The number of aromatic hydroxyl groups is 1. The van der Waals surface area contributed by atoms with E-state index in [2.05, 4.69) is 37.2 Å². The van der Waals surface area contributed by atoms with Gasteiger partial charge in [0.15, 0.2) is 0 Å². The van der Waals surface area contributed by atoms with Crippen molar-refractivity contribution in [2.75, 3.05) is 7.11 Å². The molecule has 0 aliphatic heterocycles. The van der Waals surface area contributed by atoms with Crippen LogP contribution in [0.3, 0.4) is 0 Å². The average molecular weight is 453 g/mol. The Balaban J connectivity index is 2.92. The molecule has 128 valence electrons. The first-order valence-electron chi connectivity index (χ1n) is 6.77. The fourth-order valence-electron chi connectivity index (χ4n) is 1.76. The van der Waals surface area contributed by atoms with E-state index in [1.807, 2.05) is 0 Å². The molecular weight excluding hydrogens is 434 g/mol. The Bertz CT molecular complexity index is 575. The van der Waals surface area contributed by atoms with Crippen LogP contribution in [0.25, 0.3) is 0 Å². The highest BCUT2D eigenvalue weighted by Crippen LogP contribution is 2.33. The molecule has 6 nitrogen and oxygen atoms in total. The lowest BCUT2D eigenvalue weighted by Crippen LogP contribution is -2.45. The first-order valence-corrected chi connectivity index (χ1v) is 8.36. The molecular formula is C15H19Br2NO5. The maximum absolute atomic E-state index is 11.9. The molecule has 0 saturated heterocycles. The highest BCUT2D eigenvalue weighted by atomic mass is 79.9. The number of carbonyl (C=O) groups is 2. The zero-order valence-corrected chi connectivity index (χ0v) is 16.4. The molecule has 0 radical (unpaired) electrons. The van der Waals surface area contributed by atoms with Crippen molar-refractivity contribution >= 4 is 43.9 Å². The highest BCUT2D eigenvalue weighted by molar-refractivity contribution is 9.11. The number of benzene rings is 1. The number of halogens is 2. The van der Waals surface area contributed by atoms with Crippen molar-refractivity contribution in [2.24, 2.45) is 0 Å². The quantitative estimate of drug-likeness (QED) is 0.682. The average Bonchev–Trinajstić information content (AvgIpc) is 2.41. The Hall–Kier alpha value is -1.28. The van der Waals surface area contributed by atoms with E-state index in [9.17, 15) is 14.7 Å². The summed E-state index contributed by atoms with van der Waals surface area (Å²) in [6.45, 7) is 5.19. The van der Waals surface area contributed by atoms with Gasteiger partial charge in [-0.05, 0) is 70.3 Å². The molecule has 1 rings (SSSR count). The van der Waals surface area contributed by atoms with E-state index < -0.39 is 23.7 Å². The zero-order valence-electron chi connectivity index (χ0n) is 13.3. The summed E-state index contributed by atoms with van der Waals surface area (Å²) in [6, 6.07) is 2.41. The molecule has 0 aliphatic carbocycles. The number of esters is 1. The van der Waals surface area contributed by atoms with E-state index in [0.717, 1.165) is 0 Å². The van der Waals surface area contributed by atoms with Crippen LogP contribution in [0.4, 0.5) is 4.79 Å². The summed E-state index contributed by atoms with van der Waals surface area (Å²) in [5, 5.41) is 12.2. The van der Waals surface area contributed by atoms with Crippen LogP contribution in [0.1, 0.15) is 26.3 Å². The summed E-state index contributed by atoms with van der Waals surface area (Å²) in [5.41, 5.74) is 0.0445. The third-order valence-electron chi connectivity index (χ3n) is 2.69. The van der Waals surface area contributed by atoms with Crippen molar-refractivity contribution in [3.63, 3.8) is 0 Å². The molecule has 1 aromatic carbocycles. The summed E-state index contributed by atoms with van der Waals surface area (Å²) in [5.74, 6) is -0.528. The van der Waals surface area contributed by atoms with E-state index in [-0.39, 0.29) is 12.2 Å². The van der Waals surface area contributed by atoms with Crippen LogP contribution in [0.15, 0.2) is 21.1 Å². The SMILES string of the molecule is COC(=O)C(Cc1cc(Br)c(O)c(Br)c1)NC(=O)OC(C)(C)C. The molecule has 1 amide bonds. The second-order valence-corrected chi connectivity index (χ2v) is 7.54. The molecule has 1 aromatic rings. The number of phenolic OH excluding ortho intramolecular Hbond substituents is 1. The number of rotatable bonds is 4. The smallest absolute Gasteiger partial charge is 0.408 e. The largest absolute Gasteiger partial charge is 0.506 e. The van der Waals surface area contributed by atoms with Crippen LogP contribution in [-0.2, 0) is 20.7 Å². The normalized spacial score (nSPS) is 12.4. The summed E-state index contributed by atoms with van der Waals surface area (Å²) in [7, 11) is 1.24. The molecule has 0 saturated carbocycles. The molecule has 0 heterocycles. The van der Waals surface area contributed by atoms with E-state index in [1.165, 1.54) is 7.11 Å². The van der Waals surface area contributed by atoms with Gasteiger partial charge in [0.25, 0.3) is 0 Å². The summed E-state index contributed by atoms with van der Waals surface area (Å²) in [6.07, 6.45) is -0.520. The molecule has 0 spiro atoms. The predicted molar refractivity (Wildman–Crippen MR) is 92.4 cm³/mol. The first-order chi connectivity index (χ1) is 10.5. The van der Waals surface area contributed by atoms with Gasteiger partial charge in [-0.2, -0.15) is 0 Å². The second-order valence-electron chi connectivity index (χ2n) is 5.83. The fourth-order valence-corrected chi connectivity index (χ4v) is 3.04. The van der Waals surface area contributed by atoms with Crippen molar-refractivity contribution < 1.29 is 24.2 Å². The Morgan fingerprint density at radius 1 is 1.26 bits per heavy atom. The molecule has 0 bridgehead atoms. The van der Waals surface area contributed by atoms with Gasteiger partial charge in [0.05, 0.1) is 16.1 Å². The molecule has 0 fully saturated rings. The molecule has 1 atom stereocenters. The van der Waals surface area contributed by atoms with Gasteiger partial charge >= 0.3 is 12.1 Å². The van der Waals surface area contributed by atoms with Crippen LogP contribution < -0.4 is 5.32 Å². The Kier molecular flexibility index (Phi) is 6.88. The van der Waals surface area contributed by atoms with Gasteiger partial charge in [0, 0.05) is 6.42 Å². The van der Waals surface area contributed by atoms with Crippen LogP contribution in [-0.4, -0.2) is 35.9 Å². The van der Waals surface area contributed by atoms with E-state index in [1.54, 1.807) is 32.9 Å². The van der Waals surface area contributed by atoms with Gasteiger partial charge in [-0.1, -0.05) is 0 Å². The topological polar surface area (TPSA) is 84.9 Å². The van der Waals surface area contributed by atoms with E-state index in [0.29, 0.717) is 14.5 Å². The lowest BCUT2D eigenvalue weighted by Gasteiger charge is -2.22. The van der Waals surface area contributed by atoms with Crippen LogP contribution in [0, 0.1) is 0 Å². The monoisotopic (exact) mass is 451 g/mol. The van der Waals surface area contributed by atoms with Gasteiger partial charge in [-0.3, -0.25) is 0 Å². The van der Waals surface area contributed by atoms with Gasteiger partial charge in [-0.25, -0.2) is 9.59 Å². The zero-order chi connectivity index (χ0) is 17.8. The summed E-state index contributed by atoms with van der Waals surface area (Å²) < 4.78 is 10.8. The van der Waals surface area contributed by atoms with Crippen LogP contribution in [0.5, 0.6) is 5.75 Å². The van der Waals surface area contributed by atoms with Crippen molar-refractivity contribution in [3.8, 4) is 5.75 Å². The Morgan fingerprint density at radius 2 is 1.78 bits per heavy atom. The Morgan fingerprint density at radius 3 is 2.22 bits per heavy atom. The minimum Gasteiger partial charge on any atom is -0.506 e. The van der Waals surface area contributed by atoms with Gasteiger partial charge < -0.3 is 19.9 Å². The van der Waals surface area contributed by atoms with Crippen LogP contribution >= 0.6 is 31.9 Å². The van der Waals surface area contributed by atoms with E-state index >= 15 is 0 Å². The van der Waals surface area contributed by atoms with Gasteiger partial charge in [-0.15, -0.1) is 0 Å². The highest BCUT2D eigenvalue weighted by Gasteiger charge is 2.25. The molecule has 23 heavy (non-hydrogen) atoms. The predicted octanol–water partition coefficient (Wildman–Crippen LogP) is 3.53. The molecule has 0 aliphatic rings. The standard InChI is InChI=1S/C15H19Br2NO5/c1-15(2,3)23-14(21)18-11(13(20)22-4)7-8-5-9(16)12(19)10(17)6-8/h5-6,11,19H,7H2,1-4H3,(H,18,21).